The fourth-order valence-corrected chi connectivity index (χ4v) is 1.56. The maximum Gasteiger partial charge on any atom is 0.318 e. The van der Waals surface area contributed by atoms with Crippen LogP contribution in [0, 0.1) is 0 Å². The number of rotatable bonds is 5. The number of carbonyl (C=O) groups excluding carboxylic acids is 2. The second-order valence-electron chi connectivity index (χ2n) is 4.48. The maximum absolute atomic E-state index is 11.6. The first-order chi connectivity index (χ1) is 9.17. The summed E-state index contributed by atoms with van der Waals surface area (Å²) < 4.78 is 0. The summed E-state index contributed by atoms with van der Waals surface area (Å²) in [5.74, 6) is -0.0566. The van der Waals surface area contributed by atoms with Crippen molar-refractivity contribution < 1.29 is 9.59 Å². The van der Waals surface area contributed by atoms with Crippen LogP contribution in [0.25, 0.3) is 0 Å². The average Bonchev–Trinajstić information content (AvgIpc) is 3.22. The Labute approximate surface area is 112 Å². The standard InChI is InChI=1S/C13H18N4O2/c1-14-13(19)17-11-6-4-10(5-7-11)16-12(18)8-15-9-2-3-9/h4-7,9,15H,2-3,8H2,1H3,(H,16,18)(H2,14,17,19). The molecule has 1 aliphatic carbocycles. The molecule has 0 atom stereocenters. The molecule has 1 aromatic rings. The summed E-state index contributed by atoms with van der Waals surface area (Å²) in [4.78, 5) is 22.7. The molecule has 2 rings (SSSR count). The minimum Gasteiger partial charge on any atom is -0.341 e. The SMILES string of the molecule is CNC(=O)Nc1ccc(NC(=O)CNC2CC2)cc1. The topological polar surface area (TPSA) is 82.3 Å². The van der Waals surface area contributed by atoms with Crippen molar-refractivity contribution in [3.05, 3.63) is 24.3 Å². The first-order valence-corrected chi connectivity index (χ1v) is 6.29. The molecule has 0 radical (unpaired) electrons. The molecule has 0 aromatic heterocycles. The quantitative estimate of drug-likeness (QED) is 0.642. The zero-order valence-corrected chi connectivity index (χ0v) is 10.8. The number of amides is 3. The second kappa shape index (κ2) is 6.19. The third-order valence-corrected chi connectivity index (χ3v) is 2.78. The highest BCUT2D eigenvalue weighted by Crippen LogP contribution is 2.18. The Morgan fingerprint density at radius 3 is 2.21 bits per heavy atom. The van der Waals surface area contributed by atoms with Crippen LogP contribution >= 0.6 is 0 Å². The number of urea groups is 1. The lowest BCUT2D eigenvalue weighted by Gasteiger charge is -2.08. The van der Waals surface area contributed by atoms with Crippen LogP contribution in [0.2, 0.25) is 0 Å². The van der Waals surface area contributed by atoms with E-state index in [9.17, 15) is 9.59 Å². The molecule has 1 fully saturated rings. The van der Waals surface area contributed by atoms with Gasteiger partial charge in [0, 0.05) is 24.5 Å². The Bertz CT molecular complexity index is 454. The third kappa shape index (κ3) is 4.59. The van der Waals surface area contributed by atoms with Crippen molar-refractivity contribution >= 4 is 23.3 Å². The maximum atomic E-state index is 11.6. The predicted octanol–water partition coefficient (Wildman–Crippen LogP) is 1.13. The zero-order valence-electron chi connectivity index (χ0n) is 10.8. The highest BCUT2D eigenvalue weighted by molar-refractivity contribution is 5.93. The number of hydrogen-bond donors (Lipinski definition) is 4. The molecule has 0 heterocycles. The Morgan fingerprint density at radius 2 is 1.68 bits per heavy atom. The van der Waals surface area contributed by atoms with E-state index in [2.05, 4.69) is 21.3 Å². The molecule has 1 saturated carbocycles. The molecule has 6 heteroatoms. The number of carbonyl (C=O) groups is 2. The van der Waals surface area contributed by atoms with E-state index in [1.165, 1.54) is 0 Å². The van der Waals surface area contributed by atoms with E-state index in [-0.39, 0.29) is 11.9 Å². The Kier molecular flexibility index (Phi) is 4.35. The summed E-state index contributed by atoms with van der Waals surface area (Å²) in [6.07, 6.45) is 2.32. The molecule has 3 amide bonds. The molecule has 0 spiro atoms. The van der Waals surface area contributed by atoms with Gasteiger partial charge in [0.2, 0.25) is 5.91 Å². The molecule has 1 aromatic carbocycles. The van der Waals surface area contributed by atoms with Crippen molar-refractivity contribution in [1.82, 2.24) is 10.6 Å². The van der Waals surface area contributed by atoms with E-state index in [0.29, 0.717) is 24.0 Å². The van der Waals surface area contributed by atoms with E-state index in [1.54, 1.807) is 31.3 Å². The van der Waals surface area contributed by atoms with Gasteiger partial charge in [-0.2, -0.15) is 0 Å². The molecule has 0 unspecified atom stereocenters. The van der Waals surface area contributed by atoms with Crippen LogP contribution < -0.4 is 21.3 Å². The van der Waals surface area contributed by atoms with Gasteiger partial charge in [-0.25, -0.2) is 4.79 Å². The van der Waals surface area contributed by atoms with Gasteiger partial charge in [0.15, 0.2) is 0 Å². The lowest BCUT2D eigenvalue weighted by atomic mass is 10.3. The van der Waals surface area contributed by atoms with E-state index >= 15 is 0 Å². The Balaban J connectivity index is 1.80. The van der Waals surface area contributed by atoms with Crippen molar-refractivity contribution in [2.24, 2.45) is 0 Å². The van der Waals surface area contributed by atoms with Crippen molar-refractivity contribution in [1.29, 1.82) is 0 Å². The minimum atomic E-state index is -0.273. The predicted molar refractivity (Wildman–Crippen MR) is 74.2 cm³/mol. The van der Waals surface area contributed by atoms with Gasteiger partial charge in [-0.15, -0.1) is 0 Å². The second-order valence-corrected chi connectivity index (χ2v) is 4.48. The molecule has 102 valence electrons. The van der Waals surface area contributed by atoms with Crippen LogP contribution in [0.4, 0.5) is 16.2 Å². The molecule has 0 bridgehead atoms. The molecular formula is C13H18N4O2. The van der Waals surface area contributed by atoms with E-state index in [1.807, 2.05) is 0 Å². The lowest BCUT2D eigenvalue weighted by Crippen LogP contribution is -2.29. The highest BCUT2D eigenvalue weighted by atomic mass is 16.2. The van der Waals surface area contributed by atoms with Crippen molar-refractivity contribution in [2.75, 3.05) is 24.2 Å². The zero-order chi connectivity index (χ0) is 13.7. The van der Waals surface area contributed by atoms with Gasteiger partial charge in [0.25, 0.3) is 0 Å². The van der Waals surface area contributed by atoms with Gasteiger partial charge >= 0.3 is 6.03 Å². The summed E-state index contributed by atoms with van der Waals surface area (Å²) in [5, 5.41) is 11.0. The molecule has 4 N–H and O–H groups in total. The van der Waals surface area contributed by atoms with Gasteiger partial charge in [-0.3, -0.25) is 4.79 Å². The monoisotopic (exact) mass is 262 g/mol. The largest absolute Gasteiger partial charge is 0.341 e. The lowest BCUT2D eigenvalue weighted by molar-refractivity contribution is -0.115. The van der Waals surface area contributed by atoms with E-state index < -0.39 is 0 Å². The average molecular weight is 262 g/mol. The summed E-state index contributed by atoms with van der Waals surface area (Å²) >= 11 is 0. The third-order valence-electron chi connectivity index (χ3n) is 2.78. The van der Waals surface area contributed by atoms with Crippen molar-refractivity contribution in [2.45, 2.75) is 18.9 Å². The van der Waals surface area contributed by atoms with Crippen LogP contribution in [0.3, 0.4) is 0 Å². The Morgan fingerprint density at radius 1 is 1.11 bits per heavy atom. The molecule has 0 aliphatic heterocycles. The van der Waals surface area contributed by atoms with Crippen LogP contribution in [-0.4, -0.2) is 31.6 Å². The molecule has 19 heavy (non-hydrogen) atoms. The highest BCUT2D eigenvalue weighted by Gasteiger charge is 2.21. The van der Waals surface area contributed by atoms with Gasteiger partial charge in [-0.1, -0.05) is 0 Å². The van der Waals surface area contributed by atoms with Gasteiger partial charge in [0.05, 0.1) is 6.54 Å². The number of nitrogens with one attached hydrogen (secondary N) is 4. The Hall–Kier alpha value is -2.08. The molecule has 1 aliphatic rings. The molecule has 0 saturated heterocycles. The van der Waals surface area contributed by atoms with Crippen LogP contribution in [0.5, 0.6) is 0 Å². The summed E-state index contributed by atoms with van der Waals surface area (Å²) in [6, 6.07) is 7.22. The fourth-order valence-electron chi connectivity index (χ4n) is 1.56. The van der Waals surface area contributed by atoms with Gasteiger partial charge in [0.1, 0.15) is 0 Å². The summed E-state index contributed by atoms with van der Waals surface area (Å²) in [6.45, 7) is 0.336. The van der Waals surface area contributed by atoms with E-state index in [4.69, 9.17) is 0 Å². The van der Waals surface area contributed by atoms with Crippen LogP contribution in [-0.2, 0) is 4.79 Å². The minimum absolute atomic E-state index is 0.0566. The normalized spacial score (nSPS) is 13.7. The number of anilines is 2. The summed E-state index contributed by atoms with van der Waals surface area (Å²) in [5.41, 5.74) is 1.39. The summed E-state index contributed by atoms with van der Waals surface area (Å²) in [7, 11) is 1.55. The number of hydrogen-bond acceptors (Lipinski definition) is 3. The number of benzene rings is 1. The van der Waals surface area contributed by atoms with Gasteiger partial charge < -0.3 is 21.3 Å². The van der Waals surface area contributed by atoms with Crippen molar-refractivity contribution in [3.63, 3.8) is 0 Å². The first kappa shape index (κ1) is 13.4. The van der Waals surface area contributed by atoms with Gasteiger partial charge in [-0.05, 0) is 37.1 Å². The fraction of sp³-hybridized carbons (Fsp3) is 0.385. The molecule has 6 nitrogen and oxygen atoms in total. The van der Waals surface area contributed by atoms with E-state index in [0.717, 1.165) is 12.8 Å². The van der Waals surface area contributed by atoms with Crippen LogP contribution in [0.1, 0.15) is 12.8 Å². The van der Waals surface area contributed by atoms with Crippen LogP contribution in [0.15, 0.2) is 24.3 Å². The van der Waals surface area contributed by atoms with Crippen molar-refractivity contribution in [3.8, 4) is 0 Å². The molecular weight excluding hydrogens is 244 g/mol. The first-order valence-electron chi connectivity index (χ1n) is 6.29. The smallest absolute Gasteiger partial charge is 0.318 e.